The Morgan fingerprint density at radius 3 is 2.45 bits per heavy atom. The van der Waals surface area contributed by atoms with Gasteiger partial charge in [-0.1, -0.05) is 44.2 Å². The van der Waals surface area contributed by atoms with Gasteiger partial charge in [0.25, 0.3) is 5.91 Å². The topological polar surface area (TPSA) is 29.1 Å². The van der Waals surface area contributed by atoms with Gasteiger partial charge >= 0.3 is 0 Å². The van der Waals surface area contributed by atoms with E-state index in [1.807, 2.05) is 42.5 Å². The van der Waals surface area contributed by atoms with Crippen molar-refractivity contribution >= 4 is 34.2 Å². The smallest absolute Gasteiger partial charge is 0.256 e. The van der Waals surface area contributed by atoms with Crippen LogP contribution < -0.4 is 5.32 Å². The fraction of sp³-hybridized carbons (Fsp3) is 0.235. The molecule has 2 nitrogen and oxygen atoms in total. The van der Waals surface area contributed by atoms with Gasteiger partial charge in [0.15, 0.2) is 0 Å². The lowest BCUT2D eigenvalue weighted by Gasteiger charge is -2.13. The zero-order chi connectivity index (χ0) is 14.5. The second-order valence-electron chi connectivity index (χ2n) is 5.19. The minimum Gasteiger partial charge on any atom is -0.322 e. The van der Waals surface area contributed by atoms with Crippen molar-refractivity contribution in [1.29, 1.82) is 0 Å². The lowest BCUT2D eigenvalue weighted by Crippen LogP contribution is -2.15. The Hall–Kier alpha value is -1.36. The molecule has 2 rings (SSSR count). The molecule has 0 spiro atoms. The van der Waals surface area contributed by atoms with Crippen molar-refractivity contribution in [3.05, 3.63) is 63.2 Å². The number of rotatable bonds is 4. The van der Waals surface area contributed by atoms with Crippen LogP contribution in [0, 0.1) is 9.49 Å². The van der Waals surface area contributed by atoms with E-state index in [2.05, 4.69) is 47.8 Å². The van der Waals surface area contributed by atoms with Gasteiger partial charge in [-0.3, -0.25) is 4.79 Å². The van der Waals surface area contributed by atoms with E-state index in [0.717, 1.165) is 15.7 Å². The van der Waals surface area contributed by atoms with E-state index in [1.54, 1.807) is 0 Å². The van der Waals surface area contributed by atoms with Crippen LogP contribution >= 0.6 is 22.6 Å². The fourth-order valence-corrected chi connectivity index (χ4v) is 2.73. The Kier molecular flexibility index (Phi) is 5.17. The van der Waals surface area contributed by atoms with E-state index >= 15 is 0 Å². The second kappa shape index (κ2) is 6.88. The molecule has 104 valence electrons. The van der Waals surface area contributed by atoms with Crippen molar-refractivity contribution in [2.24, 2.45) is 5.92 Å². The van der Waals surface area contributed by atoms with Crippen LogP contribution in [0.5, 0.6) is 0 Å². The average Bonchev–Trinajstić information content (AvgIpc) is 2.41. The molecule has 0 saturated heterocycles. The van der Waals surface area contributed by atoms with Gasteiger partial charge in [-0.25, -0.2) is 0 Å². The summed E-state index contributed by atoms with van der Waals surface area (Å²) in [6.07, 6.45) is 0.961. The third-order valence-corrected chi connectivity index (χ3v) is 3.95. The molecular formula is C17H18INO. The van der Waals surface area contributed by atoms with Crippen molar-refractivity contribution in [3.63, 3.8) is 0 Å². The van der Waals surface area contributed by atoms with E-state index < -0.39 is 0 Å². The molecule has 0 atom stereocenters. The first-order chi connectivity index (χ1) is 9.58. The molecule has 0 aliphatic carbocycles. The Morgan fingerprint density at radius 1 is 1.10 bits per heavy atom. The summed E-state index contributed by atoms with van der Waals surface area (Å²) in [7, 11) is 0. The first kappa shape index (κ1) is 15.0. The lowest BCUT2D eigenvalue weighted by molar-refractivity contribution is 0.102. The first-order valence-corrected chi connectivity index (χ1v) is 7.79. The molecule has 2 aromatic rings. The van der Waals surface area contributed by atoms with Crippen molar-refractivity contribution in [1.82, 2.24) is 0 Å². The largest absolute Gasteiger partial charge is 0.322 e. The van der Waals surface area contributed by atoms with Crippen LogP contribution in [0.4, 0.5) is 5.69 Å². The van der Waals surface area contributed by atoms with Crippen LogP contribution in [0.1, 0.15) is 29.8 Å². The third-order valence-electron chi connectivity index (χ3n) is 3.01. The molecule has 0 unspecified atom stereocenters. The number of benzene rings is 2. The number of amides is 1. The molecule has 0 aliphatic heterocycles. The first-order valence-electron chi connectivity index (χ1n) is 6.71. The van der Waals surface area contributed by atoms with Gasteiger partial charge in [-0.2, -0.15) is 0 Å². The number of carbonyl (C=O) groups excluding carboxylic acids is 1. The third kappa shape index (κ3) is 3.82. The summed E-state index contributed by atoms with van der Waals surface area (Å²) in [6.45, 7) is 4.36. The Morgan fingerprint density at radius 2 is 1.75 bits per heavy atom. The predicted molar refractivity (Wildman–Crippen MR) is 92.1 cm³/mol. The number of anilines is 1. The molecule has 1 amide bonds. The van der Waals surface area contributed by atoms with E-state index in [0.29, 0.717) is 11.5 Å². The highest BCUT2D eigenvalue weighted by molar-refractivity contribution is 14.1. The normalized spacial score (nSPS) is 10.6. The van der Waals surface area contributed by atoms with Crippen molar-refractivity contribution in [2.75, 3.05) is 5.32 Å². The summed E-state index contributed by atoms with van der Waals surface area (Å²) in [5, 5.41) is 3.03. The zero-order valence-corrected chi connectivity index (χ0v) is 13.8. The number of hydrogen-bond acceptors (Lipinski definition) is 1. The van der Waals surface area contributed by atoms with Crippen molar-refractivity contribution in [3.8, 4) is 0 Å². The molecule has 0 saturated carbocycles. The summed E-state index contributed by atoms with van der Waals surface area (Å²) < 4.78 is 0.962. The Balaban J connectivity index is 2.22. The maximum absolute atomic E-state index is 12.4. The van der Waals surface area contributed by atoms with Gasteiger partial charge < -0.3 is 5.32 Å². The molecule has 0 heterocycles. The van der Waals surface area contributed by atoms with Crippen LogP contribution in [0.2, 0.25) is 0 Å². The number of halogens is 1. The highest BCUT2D eigenvalue weighted by Gasteiger charge is 2.11. The minimum atomic E-state index is -0.0498. The SMILES string of the molecule is CC(C)Cc1ccccc1NC(=O)c1ccccc1I. The minimum absolute atomic E-state index is 0.0498. The monoisotopic (exact) mass is 379 g/mol. The summed E-state index contributed by atoms with van der Waals surface area (Å²) in [5.74, 6) is 0.510. The van der Waals surface area contributed by atoms with Gasteiger partial charge in [0.2, 0.25) is 0 Å². The van der Waals surface area contributed by atoms with Crippen molar-refractivity contribution < 1.29 is 4.79 Å². The number of carbonyl (C=O) groups is 1. The molecule has 3 heteroatoms. The quantitative estimate of drug-likeness (QED) is 0.764. The molecule has 0 aliphatic rings. The van der Waals surface area contributed by atoms with Gasteiger partial charge in [0, 0.05) is 9.26 Å². The molecule has 0 bridgehead atoms. The summed E-state index contributed by atoms with van der Waals surface area (Å²) >= 11 is 2.19. The number of nitrogens with one attached hydrogen (secondary N) is 1. The summed E-state index contributed by atoms with van der Waals surface area (Å²) in [6, 6.07) is 15.6. The van der Waals surface area contributed by atoms with Crippen LogP contribution in [0.25, 0.3) is 0 Å². The highest BCUT2D eigenvalue weighted by atomic mass is 127. The zero-order valence-electron chi connectivity index (χ0n) is 11.7. The van der Waals surface area contributed by atoms with E-state index in [4.69, 9.17) is 0 Å². The Bertz CT molecular complexity index is 607. The summed E-state index contributed by atoms with van der Waals surface area (Å²) in [4.78, 5) is 12.4. The molecule has 0 radical (unpaired) electrons. The van der Waals surface area contributed by atoms with E-state index in [1.165, 1.54) is 5.56 Å². The molecule has 20 heavy (non-hydrogen) atoms. The fourth-order valence-electron chi connectivity index (χ4n) is 2.10. The van der Waals surface area contributed by atoms with Gasteiger partial charge in [0.05, 0.1) is 5.56 Å². The van der Waals surface area contributed by atoms with Crippen LogP contribution in [-0.4, -0.2) is 5.91 Å². The maximum atomic E-state index is 12.4. The van der Waals surface area contributed by atoms with Crippen LogP contribution in [-0.2, 0) is 6.42 Å². The summed E-state index contributed by atoms with van der Waals surface area (Å²) in [5.41, 5.74) is 2.81. The lowest BCUT2D eigenvalue weighted by atomic mass is 10.0. The molecule has 1 N–H and O–H groups in total. The highest BCUT2D eigenvalue weighted by Crippen LogP contribution is 2.20. The maximum Gasteiger partial charge on any atom is 0.256 e. The Labute approximate surface area is 133 Å². The second-order valence-corrected chi connectivity index (χ2v) is 6.35. The van der Waals surface area contributed by atoms with E-state index in [-0.39, 0.29) is 5.91 Å². The van der Waals surface area contributed by atoms with Gasteiger partial charge in [-0.15, -0.1) is 0 Å². The van der Waals surface area contributed by atoms with Crippen molar-refractivity contribution in [2.45, 2.75) is 20.3 Å². The standard InChI is InChI=1S/C17H18INO/c1-12(2)11-13-7-3-6-10-16(13)19-17(20)14-8-4-5-9-15(14)18/h3-10,12H,11H2,1-2H3,(H,19,20). The van der Waals surface area contributed by atoms with Crippen LogP contribution in [0.15, 0.2) is 48.5 Å². The van der Waals surface area contributed by atoms with Crippen LogP contribution in [0.3, 0.4) is 0 Å². The number of para-hydroxylation sites is 1. The van der Waals surface area contributed by atoms with E-state index in [9.17, 15) is 4.79 Å². The molecule has 2 aromatic carbocycles. The molecular weight excluding hydrogens is 361 g/mol. The number of hydrogen-bond donors (Lipinski definition) is 1. The van der Waals surface area contributed by atoms with Gasteiger partial charge in [0.1, 0.15) is 0 Å². The van der Waals surface area contributed by atoms with Gasteiger partial charge in [-0.05, 0) is 58.7 Å². The predicted octanol–water partition coefficient (Wildman–Crippen LogP) is 4.74. The molecule has 0 aromatic heterocycles. The molecule has 0 fully saturated rings. The average molecular weight is 379 g/mol.